The number of allylic oxidation sites excluding steroid dienone is 1. The van der Waals surface area contributed by atoms with E-state index in [0.717, 1.165) is 32.1 Å². The quantitative estimate of drug-likeness (QED) is 0.216. The van der Waals surface area contributed by atoms with Gasteiger partial charge in [-0.1, -0.05) is 57.6 Å². The van der Waals surface area contributed by atoms with Crippen LogP contribution in [0.15, 0.2) is 12.2 Å². The van der Waals surface area contributed by atoms with Gasteiger partial charge in [-0.15, -0.1) is 0 Å². The first-order valence-corrected chi connectivity index (χ1v) is 13.4. The Labute approximate surface area is 202 Å². The van der Waals surface area contributed by atoms with Crippen molar-refractivity contribution in [1.82, 2.24) is 0 Å². The fraction of sp³-hybridized carbons (Fsp3) is 0.926. The molecule has 33 heavy (non-hydrogen) atoms. The molecular formula is C27H50O6. The summed E-state index contributed by atoms with van der Waals surface area (Å²) < 4.78 is 24.0. The molecule has 6 nitrogen and oxygen atoms in total. The third-order valence-corrected chi connectivity index (χ3v) is 7.06. The maximum Gasteiger partial charge on any atom is 0.168 e. The van der Waals surface area contributed by atoms with Crippen molar-refractivity contribution in [2.24, 2.45) is 5.92 Å². The summed E-state index contributed by atoms with van der Waals surface area (Å²) in [5, 5.41) is 19.6. The number of hydrogen-bond donors (Lipinski definition) is 2. The van der Waals surface area contributed by atoms with Gasteiger partial charge in [0.05, 0.1) is 26.4 Å². The predicted molar refractivity (Wildman–Crippen MR) is 131 cm³/mol. The number of hydrogen-bond acceptors (Lipinski definition) is 6. The molecule has 0 aromatic rings. The van der Waals surface area contributed by atoms with E-state index in [0.29, 0.717) is 26.2 Å². The van der Waals surface area contributed by atoms with Gasteiger partial charge in [0.1, 0.15) is 5.60 Å². The molecule has 0 unspecified atom stereocenters. The number of aliphatic hydroxyl groups excluding tert-OH is 2. The molecule has 0 aromatic heterocycles. The Morgan fingerprint density at radius 3 is 2.09 bits per heavy atom. The van der Waals surface area contributed by atoms with Gasteiger partial charge in [-0.05, 0) is 39.5 Å². The van der Waals surface area contributed by atoms with Crippen LogP contribution in [0.2, 0.25) is 0 Å². The van der Waals surface area contributed by atoms with E-state index < -0.39 is 11.4 Å². The van der Waals surface area contributed by atoms with Crippen molar-refractivity contribution in [3.05, 3.63) is 12.2 Å². The summed E-state index contributed by atoms with van der Waals surface area (Å²) in [6, 6.07) is 0. The third kappa shape index (κ3) is 9.58. The van der Waals surface area contributed by atoms with E-state index in [4.69, 9.17) is 18.9 Å². The van der Waals surface area contributed by atoms with Crippen LogP contribution in [0.5, 0.6) is 0 Å². The summed E-state index contributed by atoms with van der Waals surface area (Å²) >= 11 is 0. The molecule has 2 heterocycles. The van der Waals surface area contributed by atoms with Gasteiger partial charge in [0.2, 0.25) is 0 Å². The smallest absolute Gasteiger partial charge is 0.168 e. The number of rotatable bonds is 17. The first-order chi connectivity index (χ1) is 15.9. The van der Waals surface area contributed by atoms with Crippen LogP contribution in [0.1, 0.15) is 104 Å². The average Bonchev–Trinajstić information content (AvgIpc) is 3.25. The summed E-state index contributed by atoms with van der Waals surface area (Å²) in [5.41, 5.74) is -0.793. The Morgan fingerprint density at radius 1 is 0.818 bits per heavy atom. The molecule has 6 heteroatoms. The molecule has 0 aromatic carbocycles. The third-order valence-electron chi connectivity index (χ3n) is 7.06. The molecule has 2 atom stereocenters. The predicted octanol–water partition coefficient (Wildman–Crippen LogP) is 5.50. The van der Waals surface area contributed by atoms with Gasteiger partial charge in [-0.25, -0.2) is 0 Å². The minimum absolute atomic E-state index is 0.0260. The van der Waals surface area contributed by atoms with Crippen molar-refractivity contribution in [3.8, 4) is 0 Å². The zero-order valence-corrected chi connectivity index (χ0v) is 21.5. The molecule has 2 N–H and O–H groups in total. The second kappa shape index (κ2) is 14.8. The SMILES string of the molecule is CCCCCCCCCC1(CCCC/C=C/[C@@H]2COC(C)(C)O[C@@]2(CO)CCO)OCCO1. The van der Waals surface area contributed by atoms with Gasteiger partial charge in [0.15, 0.2) is 11.6 Å². The largest absolute Gasteiger partial charge is 0.396 e. The average molecular weight is 471 g/mol. The van der Waals surface area contributed by atoms with Crippen LogP contribution in [-0.4, -0.2) is 60.4 Å². The molecule has 2 aliphatic heterocycles. The van der Waals surface area contributed by atoms with Crippen LogP contribution in [0.3, 0.4) is 0 Å². The highest BCUT2D eigenvalue weighted by Crippen LogP contribution is 2.38. The fourth-order valence-corrected chi connectivity index (χ4v) is 5.10. The fourth-order valence-electron chi connectivity index (χ4n) is 5.10. The molecule has 194 valence electrons. The molecule has 2 aliphatic rings. The van der Waals surface area contributed by atoms with E-state index in [-0.39, 0.29) is 24.9 Å². The van der Waals surface area contributed by atoms with Gasteiger partial charge < -0.3 is 29.2 Å². The van der Waals surface area contributed by atoms with Crippen molar-refractivity contribution in [2.75, 3.05) is 33.0 Å². The van der Waals surface area contributed by atoms with Gasteiger partial charge in [-0.2, -0.15) is 0 Å². The van der Waals surface area contributed by atoms with Crippen LogP contribution in [0.4, 0.5) is 0 Å². The Hall–Kier alpha value is -0.500. The van der Waals surface area contributed by atoms with E-state index in [2.05, 4.69) is 19.1 Å². The lowest BCUT2D eigenvalue weighted by molar-refractivity contribution is -0.334. The van der Waals surface area contributed by atoms with E-state index in [9.17, 15) is 10.2 Å². The first kappa shape index (κ1) is 28.7. The molecule has 2 fully saturated rings. The minimum atomic E-state index is -0.793. The Bertz CT molecular complexity index is 543. The van der Waals surface area contributed by atoms with Crippen LogP contribution < -0.4 is 0 Å². The monoisotopic (exact) mass is 470 g/mol. The van der Waals surface area contributed by atoms with Crippen molar-refractivity contribution >= 4 is 0 Å². The summed E-state index contributed by atoms with van der Waals surface area (Å²) in [6.07, 6.45) is 18.8. The first-order valence-electron chi connectivity index (χ1n) is 13.4. The van der Waals surface area contributed by atoms with Crippen molar-refractivity contribution in [2.45, 2.75) is 121 Å². The molecule has 0 amide bonds. The van der Waals surface area contributed by atoms with Crippen molar-refractivity contribution in [3.63, 3.8) is 0 Å². The molecule has 0 spiro atoms. The molecular weight excluding hydrogens is 420 g/mol. The van der Waals surface area contributed by atoms with Crippen molar-refractivity contribution in [1.29, 1.82) is 0 Å². The van der Waals surface area contributed by atoms with E-state index in [1.807, 2.05) is 13.8 Å². The van der Waals surface area contributed by atoms with Crippen LogP contribution >= 0.6 is 0 Å². The van der Waals surface area contributed by atoms with E-state index >= 15 is 0 Å². The molecule has 0 aliphatic carbocycles. The second-order valence-electron chi connectivity index (χ2n) is 10.3. The maximum absolute atomic E-state index is 10.1. The van der Waals surface area contributed by atoms with E-state index in [1.54, 1.807) is 0 Å². The molecule has 0 radical (unpaired) electrons. The second-order valence-corrected chi connectivity index (χ2v) is 10.3. The molecule has 2 saturated heterocycles. The maximum atomic E-state index is 10.1. The summed E-state index contributed by atoms with van der Waals surface area (Å²) in [4.78, 5) is 0. The number of aliphatic hydroxyl groups is 2. The van der Waals surface area contributed by atoms with Gasteiger partial charge in [0, 0.05) is 31.8 Å². The van der Waals surface area contributed by atoms with Crippen LogP contribution in [-0.2, 0) is 18.9 Å². The lowest BCUT2D eigenvalue weighted by atomic mass is 9.83. The standard InChI is InChI=1S/C27H50O6/c1-4-5-6-7-8-10-13-16-27(30-20-21-31-27)17-14-11-9-12-15-24-22-32-25(2,3)33-26(24,23-29)18-19-28/h12,15,24,28-29H,4-11,13-14,16-23H2,1-3H3/b15-12+/t24-,26-/m1/s1. The topological polar surface area (TPSA) is 77.4 Å². The highest BCUT2D eigenvalue weighted by Gasteiger charge is 2.47. The normalized spacial score (nSPS) is 26.9. The highest BCUT2D eigenvalue weighted by molar-refractivity contribution is 5.03. The van der Waals surface area contributed by atoms with Gasteiger partial charge in [0.25, 0.3) is 0 Å². The molecule has 0 bridgehead atoms. The number of ether oxygens (including phenoxy) is 4. The molecule has 2 rings (SSSR count). The summed E-state index contributed by atoms with van der Waals surface area (Å²) in [6.45, 7) is 7.70. The van der Waals surface area contributed by atoms with Gasteiger partial charge in [-0.3, -0.25) is 0 Å². The minimum Gasteiger partial charge on any atom is -0.396 e. The molecule has 0 saturated carbocycles. The van der Waals surface area contributed by atoms with Crippen molar-refractivity contribution < 1.29 is 29.2 Å². The summed E-state index contributed by atoms with van der Waals surface area (Å²) in [7, 11) is 0. The zero-order valence-electron chi connectivity index (χ0n) is 21.5. The zero-order chi connectivity index (χ0) is 24.0. The highest BCUT2D eigenvalue weighted by atomic mass is 16.7. The van der Waals surface area contributed by atoms with E-state index in [1.165, 1.54) is 44.9 Å². The lowest BCUT2D eigenvalue weighted by Gasteiger charge is -2.48. The van der Waals surface area contributed by atoms with Crippen LogP contribution in [0, 0.1) is 5.92 Å². The Morgan fingerprint density at radius 2 is 1.45 bits per heavy atom. The number of unbranched alkanes of at least 4 members (excludes halogenated alkanes) is 8. The summed E-state index contributed by atoms with van der Waals surface area (Å²) in [5.74, 6) is -1.20. The van der Waals surface area contributed by atoms with Crippen LogP contribution in [0.25, 0.3) is 0 Å². The lowest BCUT2D eigenvalue weighted by Crippen LogP contribution is -2.57. The Kier molecular flexibility index (Phi) is 12.9. The Balaban J connectivity index is 1.71. The van der Waals surface area contributed by atoms with Gasteiger partial charge >= 0.3 is 0 Å².